The van der Waals surface area contributed by atoms with Gasteiger partial charge >= 0.3 is 0 Å². The van der Waals surface area contributed by atoms with Crippen molar-refractivity contribution in [2.45, 2.75) is 6.42 Å². The van der Waals surface area contributed by atoms with Gasteiger partial charge in [0.15, 0.2) is 5.78 Å². The Kier molecular flexibility index (Phi) is 5.15. The molecule has 0 aliphatic carbocycles. The molecule has 0 bridgehead atoms. The van der Waals surface area contributed by atoms with Gasteiger partial charge in [0.2, 0.25) is 0 Å². The molecule has 15 heavy (non-hydrogen) atoms. The molecule has 0 spiro atoms. The van der Waals surface area contributed by atoms with Crippen molar-refractivity contribution in [2.75, 3.05) is 6.16 Å². The van der Waals surface area contributed by atoms with E-state index in [2.05, 4.69) is 9.24 Å². The van der Waals surface area contributed by atoms with E-state index < -0.39 is 0 Å². The van der Waals surface area contributed by atoms with Gasteiger partial charge in [-0.15, -0.1) is 9.24 Å². The topological polar surface area (TPSA) is 17.1 Å². The van der Waals surface area contributed by atoms with Crippen molar-refractivity contribution in [1.29, 1.82) is 0 Å². The third kappa shape index (κ3) is 2.99. The van der Waals surface area contributed by atoms with Crippen LogP contribution in [0.15, 0.2) is 6.07 Å². The predicted molar refractivity (Wildman–Crippen MR) is 70.0 cm³/mol. The highest BCUT2D eigenvalue weighted by Crippen LogP contribution is 2.37. The summed E-state index contributed by atoms with van der Waals surface area (Å²) >= 11 is 23.4. The van der Waals surface area contributed by atoms with Crippen LogP contribution in [0.2, 0.25) is 20.1 Å². The molecule has 0 amide bonds. The minimum Gasteiger partial charge on any atom is -0.294 e. The van der Waals surface area contributed by atoms with E-state index in [9.17, 15) is 4.79 Å². The van der Waals surface area contributed by atoms with Crippen LogP contribution in [0.25, 0.3) is 0 Å². The molecule has 1 aromatic carbocycles. The number of hydrogen-bond donors (Lipinski definition) is 0. The third-order valence-electron chi connectivity index (χ3n) is 1.76. The second-order valence-corrected chi connectivity index (χ2v) is 4.95. The number of ketones is 1. The maximum absolute atomic E-state index is 11.7. The Balaban J connectivity index is 3.32. The fraction of sp³-hybridized carbons (Fsp3) is 0.222. The van der Waals surface area contributed by atoms with E-state index in [1.165, 1.54) is 6.07 Å². The average Bonchev–Trinajstić information content (AvgIpc) is 2.16. The Hall–Kier alpha value is 0.480. The lowest BCUT2D eigenvalue weighted by Crippen LogP contribution is -2.02. The highest BCUT2D eigenvalue weighted by Gasteiger charge is 2.19. The van der Waals surface area contributed by atoms with Gasteiger partial charge in [0.05, 0.1) is 25.7 Å². The minimum atomic E-state index is -0.163. The second kappa shape index (κ2) is 5.70. The Labute approximate surface area is 110 Å². The molecular formula is C9H7Cl4OP. The fourth-order valence-corrected chi connectivity index (χ4v) is 2.36. The fourth-order valence-electron chi connectivity index (χ4n) is 1.07. The standard InChI is InChI=1S/C9H7Cl4OP/c10-4-3-5(11)9(13)7(8(4)12)6(14)1-2-15/h3H,1-2,15H2. The van der Waals surface area contributed by atoms with Crippen molar-refractivity contribution in [2.24, 2.45) is 0 Å². The maximum atomic E-state index is 11.7. The number of rotatable bonds is 3. The Morgan fingerprint density at radius 1 is 1.13 bits per heavy atom. The van der Waals surface area contributed by atoms with Crippen LogP contribution in [-0.2, 0) is 0 Å². The molecule has 1 unspecified atom stereocenters. The molecule has 0 fully saturated rings. The molecule has 0 aliphatic heterocycles. The van der Waals surface area contributed by atoms with Crippen molar-refractivity contribution in [3.8, 4) is 0 Å². The first-order valence-corrected chi connectivity index (χ1v) is 6.38. The smallest absolute Gasteiger partial charge is 0.166 e. The molecule has 0 aromatic heterocycles. The number of Topliss-reactive ketones (excluding diaryl/α,β-unsaturated/α-hetero) is 1. The van der Waals surface area contributed by atoms with Crippen LogP contribution in [0.1, 0.15) is 16.8 Å². The van der Waals surface area contributed by atoms with Crippen molar-refractivity contribution in [3.63, 3.8) is 0 Å². The molecule has 0 N–H and O–H groups in total. The highest BCUT2D eigenvalue weighted by atomic mass is 35.5. The van der Waals surface area contributed by atoms with E-state index in [1.807, 2.05) is 0 Å². The Bertz CT molecular complexity index is 379. The summed E-state index contributed by atoms with van der Waals surface area (Å²) in [5, 5.41) is 0.792. The summed E-state index contributed by atoms with van der Waals surface area (Å²) in [6.07, 6.45) is 0.969. The van der Waals surface area contributed by atoms with Gasteiger partial charge in [-0.1, -0.05) is 46.4 Å². The Morgan fingerprint density at radius 2 is 1.60 bits per heavy atom. The van der Waals surface area contributed by atoms with Gasteiger partial charge in [0, 0.05) is 6.42 Å². The quantitative estimate of drug-likeness (QED) is 0.447. The third-order valence-corrected chi connectivity index (χ3v) is 3.63. The maximum Gasteiger partial charge on any atom is 0.166 e. The van der Waals surface area contributed by atoms with Gasteiger partial charge in [-0.25, -0.2) is 0 Å². The first-order chi connectivity index (χ1) is 6.99. The number of halogens is 4. The van der Waals surface area contributed by atoms with Crippen LogP contribution in [0.4, 0.5) is 0 Å². The molecule has 6 heteroatoms. The van der Waals surface area contributed by atoms with E-state index in [0.717, 1.165) is 0 Å². The molecule has 0 aliphatic rings. The van der Waals surface area contributed by atoms with E-state index >= 15 is 0 Å². The first kappa shape index (κ1) is 13.5. The van der Waals surface area contributed by atoms with Gasteiger partial charge < -0.3 is 0 Å². The van der Waals surface area contributed by atoms with Crippen LogP contribution in [0.3, 0.4) is 0 Å². The molecular weight excluding hydrogens is 297 g/mol. The summed E-state index contributed by atoms with van der Waals surface area (Å²) in [7, 11) is 2.46. The lowest BCUT2D eigenvalue weighted by molar-refractivity contribution is 0.0990. The monoisotopic (exact) mass is 302 g/mol. The zero-order valence-corrected chi connectivity index (χ0v) is 11.7. The molecule has 0 heterocycles. The average molecular weight is 304 g/mol. The van der Waals surface area contributed by atoms with E-state index in [-0.39, 0.29) is 31.4 Å². The van der Waals surface area contributed by atoms with E-state index in [1.54, 1.807) is 0 Å². The van der Waals surface area contributed by atoms with Crippen LogP contribution >= 0.6 is 55.6 Å². The highest BCUT2D eigenvalue weighted by molar-refractivity contribution is 7.16. The second-order valence-electron chi connectivity index (χ2n) is 2.81. The zero-order valence-electron chi connectivity index (χ0n) is 7.49. The SMILES string of the molecule is O=C(CCP)c1c(Cl)c(Cl)cc(Cl)c1Cl. The van der Waals surface area contributed by atoms with E-state index in [4.69, 9.17) is 46.4 Å². The van der Waals surface area contributed by atoms with Crippen molar-refractivity contribution in [3.05, 3.63) is 31.7 Å². The number of hydrogen-bond acceptors (Lipinski definition) is 1. The summed E-state index contributed by atoms with van der Waals surface area (Å²) in [4.78, 5) is 11.7. The van der Waals surface area contributed by atoms with Crippen LogP contribution in [0.5, 0.6) is 0 Å². The molecule has 0 saturated carbocycles. The van der Waals surface area contributed by atoms with Gasteiger partial charge in [-0.2, -0.15) is 0 Å². The molecule has 0 saturated heterocycles. The molecule has 0 radical (unpaired) electrons. The zero-order chi connectivity index (χ0) is 11.6. The summed E-state index contributed by atoms with van der Waals surface area (Å²) in [5.41, 5.74) is 0.207. The van der Waals surface area contributed by atoms with Crippen LogP contribution in [0, 0.1) is 0 Å². The van der Waals surface area contributed by atoms with Gasteiger partial charge in [-0.3, -0.25) is 4.79 Å². The van der Waals surface area contributed by atoms with Crippen molar-refractivity contribution < 1.29 is 4.79 Å². The largest absolute Gasteiger partial charge is 0.294 e. The lowest BCUT2D eigenvalue weighted by atomic mass is 10.1. The number of carbonyl (C=O) groups excluding carboxylic acids is 1. The van der Waals surface area contributed by atoms with Crippen LogP contribution < -0.4 is 0 Å². The van der Waals surface area contributed by atoms with Gasteiger partial charge in [-0.05, 0) is 12.2 Å². The summed E-state index contributed by atoms with van der Waals surface area (Å²) < 4.78 is 0. The van der Waals surface area contributed by atoms with Crippen LogP contribution in [-0.4, -0.2) is 11.9 Å². The minimum absolute atomic E-state index is 0.162. The molecule has 1 atom stereocenters. The molecule has 1 aromatic rings. The number of carbonyl (C=O) groups is 1. The summed E-state index contributed by atoms with van der Waals surface area (Å²) in [5.74, 6) is -0.163. The Morgan fingerprint density at radius 3 is 2.00 bits per heavy atom. The van der Waals surface area contributed by atoms with E-state index in [0.29, 0.717) is 12.6 Å². The summed E-state index contributed by atoms with van der Waals surface area (Å²) in [6.45, 7) is 0. The number of benzene rings is 1. The first-order valence-electron chi connectivity index (χ1n) is 4.05. The molecule has 1 rings (SSSR count). The lowest BCUT2D eigenvalue weighted by Gasteiger charge is -2.08. The normalized spacial score (nSPS) is 10.5. The summed E-state index contributed by atoms with van der Waals surface area (Å²) in [6, 6.07) is 1.42. The van der Waals surface area contributed by atoms with Crippen molar-refractivity contribution >= 4 is 61.4 Å². The van der Waals surface area contributed by atoms with Gasteiger partial charge in [0.25, 0.3) is 0 Å². The van der Waals surface area contributed by atoms with Gasteiger partial charge in [0.1, 0.15) is 0 Å². The molecule has 82 valence electrons. The predicted octanol–water partition coefficient (Wildman–Crippen LogP) is 4.75. The molecule has 1 nitrogen and oxygen atoms in total. The van der Waals surface area contributed by atoms with Crippen molar-refractivity contribution in [1.82, 2.24) is 0 Å².